The van der Waals surface area contributed by atoms with Crippen LogP contribution in [0.2, 0.25) is 0 Å². The summed E-state index contributed by atoms with van der Waals surface area (Å²) in [5.41, 5.74) is 3.14. The van der Waals surface area contributed by atoms with Gasteiger partial charge in [0.25, 0.3) is 0 Å². The van der Waals surface area contributed by atoms with E-state index in [1.54, 1.807) is 5.54 Å². The Bertz CT molecular complexity index is 327. The summed E-state index contributed by atoms with van der Waals surface area (Å²) in [5.74, 6) is 0. The molecule has 0 N–H and O–H groups in total. The quantitative estimate of drug-likeness (QED) is 0.273. The average Bonchev–Trinajstić information content (AvgIpc) is 2.36. The monoisotopic (exact) mass is 452 g/mol. The molecule has 26 heavy (non-hydrogen) atoms. The summed E-state index contributed by atoms with van der Waals surface area (Å²) in [6.07, 6.45) is 6.42. The van der Waals surface area contributed by atoms with Gasteiger partial charge in [0, 0.05) is 10.9 Å². The third kappa shape index (κ3) is 64.6. The van der Waals surface area contributed by atoms with Gasteiger partial charge in [-0.1, -0.05) is 136 Å². The molecule has 0 fully saturated rings. The fraction of sp³-hybridized carbons (Fsp3) is 0.833. The summed E-state index contributed by atoms with van der Waals surface area (Å²) in [4.78, 5) is 0. The van der Waals surface area contributed by atoms with Crippen LogP contribution < -0.4 is 0 Å². The van der Waals surface area contributed by atoms with Crippen LogP contribution in [0.25, 0.3) is 0 Å². The molecule has 0 nitrogen and oxygen atoms in total. The maximum absolute atomic E-state index is 5.31. The third-order valence-electron chi connectivity index (χ3n) is 3.08. The Morgan fingerprint density at radius 3 is 1.08 bits per heavy atom. The summed E-state index contributed by atoms with van der Waals surface area (Å²) >= 11 is 8.69. The Morgan fingerprint density at radius 1 is 0.769 bits per heavy atom. The van der Waals surface area contributed by atoms with Gasteiger partial charge in [0.1, 0.15) is 0 Å². The molecule has 0 unspecified atom stereocenters. The van der Waals surface area contributed by atoms with Crippen molar-refractivity contribution in [2.24, 2.45) is 21.7 Å². The Hall–Kier alpha value is 0.250. The molecule has 0 spiro atoms. The van der Waals surface area contributed by atoms with Gasteiger partial charge in [-0.25, -0.2) is 0 Å². The summed E-state index contributed by atoms with van der Waals surface area (Å²) < 4.78 is 0. The third-order valence-corrected chi connectivity index (χ3v) is 3.60. The highest BCUT2D eigenvalue weighted by molar-refractivity contribution is 9.09. The number of hydrogen-bond acceptors (Lipinski definition) is 0. The van der Waals surface area contributed by atoms with Gasteiger partial charge in [-0.2, -0.15) is 0 Å². The summed E-state index contributed by atoms with van der Waals surface area (Å²) in [6, 6.07) is 0. The molecular formula is C24H50BrCl. The lowest BCUT2D eigenvalue weighted by molar-refractivity contribution is 0.398. The molecule has 0 aliphatic rings. The molecule has 0 atom stereocenters. The Balaban J connectivity index is -0.000000124. The zero-order chi connectivity index (χ0) is 22.2. The van der Waals surface area contributed by atoms with E-state index in [1.807, 2.05) is 12.2 Å². The van der Waals surface area contributed by atoms with Crippen LogP contribution in [-0.4, -0.2) is 5.33 Å². The van der Waals surface area contributed by atoms with E-state index in [2.05, 4.69) is 113 Å². The number of allylic oxidation sites excluding steroid dienone is 2. The Kier molecular flexibility index (Phi) is 21.1. The minimum Gasteiger partial charge on any atom is -0.103 e. The second kappa shape index (κ2) is 16.2. The molecule has 0 saturated heterocycles. The molecule has 0 aromatic heterocycles. The van der Waals surface area contributed by atoms with E-state index in [9.17, 15) is 0 Å². The van der Waals surface area contributed by atoms with Crippen LogP contribution in [0, 0.1) is 21.7 Å². The Morgan fingerprint density at radius 2 is 1.08 bits per heavy atom. The van der Waals surface area contributed by atoms with Gasteiger partial charge in [-0.05, 0) is 28.1 Å². The van der Waals surface area contributed by atoms with Gasteiger partial charge in [-0.3, -0.25) is 0 Å². The first kappa shape index (κ1) is 33.8. The minimum atomic E-state index is 0.238. The maximum atomic E-state index is 5.31. The lowest BCUT2D eigenvalue weighted by Crippen LogP contribution is -2.04. The van der Waals surface area contributed by atoms with Crippen molar-refractivity contribution in [3.8, 4) is 0 Å². The molecule has 160 valence electrons. The lowest BCUT2D eigenvalue weighted by atomic mass is 9.94. The van der Waals surface area contributed by atoms with Crippen molar-refractivity contribution in [1.82, 2.24) is 0 Å². The zero-order valence-electron chi connectivity index (χ0n) is 20.3. The van der Waals surface area contributed by atoms with Crippen LogP contribution in [0.1, 0.15) is 103 Å². The fourth-order valence-corrected chi connectivity index (χ4v) is 2.04. The molecule has 0 saturated carbocycles. The van der Waals surface area contributed by atoms with Crippen molar-refractivity contribution in [3.63, 3.8) is 0 Å². The summed E-state index contributed by atoms with van der Waals surface area (Å²) in [6.45, 7) is 32.0. The van der Waals surface area contributed by atoms with Crippen molar-refractivity contribution in [1.29, 1.82) is 0 Å². The van der Waals surface area contributed by atoms with Gasteiger partial charge in [0.05, 0.1) is 0 Å². The highest BCUT2D eigenvalue weighted by Crippen LogP contribution is 2.18. The number of hydrogen-bond donors (Lipinski definition) is 0. The first-order valence-corrected chi connectivity index (χ1v) is 11.3. The van der Waals surface area contributed by atoms with Crippen LogP contribution in [0.15, 0.2) is 24.3 Å². The molecule has 0 bridgehead atoms. The van der Waals surface area contributed by atoms with Crippen LogP contribution in [-0.2, 0) is 0 Å². The van der Waals surface area contributed by atoms with E-state index < -0.39 is 0 Å². The predicted molar refractivity (Wildman–Crippen MR) is 132 cm³/mol. The van der Waals surface area contributed by atoms with Crippen LogP contribution in [0.3, 0.4) is 0 Å². The fourth-order valence-electron chi connectivity index (χ4n) is 0.472. The normalized spacial score (nSPS) is 12.1. The molecule has 0 aromatic carbocycles. The first-order valence-electron chi connectivity index (χ1n) is 9.72. The molecule has 0 aliphatic carbocycles. The zero-order valence-corrected chi connectivity index (χ0v) is 22.7. The lowest BCUT2D eigenvalue weighted by Gasteiger charge is -2.14. The van der Waals surface area contributed by atoms with Crippen molar-refractivity contribution >= 4 is 27.5 Å². The molecule has 0 heterocycles. The molecule has 0 rings (SSSR count). The van der Waals surface area contributed by atoms with E-state index in [-0.39, 0.29) is 5.41 Å². The van der Waals surface area contributed by atoms with E-state index >= 15 is 0 Å². The summed E-state index contributed by atoms with van der Waals surface area (Å²) in [5, 5.41) is 1.12. The van der Waals surface area contributed by atoms with Gasteiger partial charge in [0.15, 0.2) is 0 Å². The van der Waals surface area contributed by atoms with Crippen LogP contribution >= 0.6 is 27.5 Å². The molecule has 0 radical (unpaired) electrons. The predicted octanol–water partition coefficient (Wildman–Crippen LogP) is 10.3. The van der Waals surface area contributed by atoms with Crippen molar-refractivity contribution in [3.05, 3.63) is 24.3 Å². The largest absolute Gasteiger partial charge is 0.103 e. The molecule has 2 heteroatoms. The van der Waals surface area contributed by atoms with Crippen molar-refractivity contribution in [2.45, 2.75) is 103 Å². The molecular weight excluding hydrogens is 404 g/mol. The number of alkyl halides is 1. The smallest absolute Gasteiger partial charge is 0.00362 e. The van der Waals surface area contributed by atoms with E-state index in [0.29, 0.717) is 16.2 Å². The van der Waals surface area contributed by atoms with Crippen LogP contribution in [0.4, 0.5) is 0 Å². The highest BCUT2D eigenvalue weighted by Gasteiger charge is 2.06. The van der Waals surface area contributed by atoms with E-state index in [0.717, 1.165) is 5.33 Å². The van der Waals surface area contributed by atoms with Gasteiger partial charge < -0.3 is 0 Å². The highest BCUT2D eigenvalue weighted by atomic mass is 79.9. The maximum Gasteiger partial charge on any atom is 0.00362 e. The van der Waals surface area contributed by atoms with Gasteiger partial charge in [-0.15, -0.1) is 6.58 Å². The molecule has 0 aliphatic heterocycles. The number of rotatable bonds is 1. The van der Waals surface area contributed by atoms with Crippen molar-refractivity contribution < 1.29 is 0 Å². The Labute approximate surface area is 181 Å². The van der Waals surface area contributed by atoms with Crippen molar-refractivity contribution in [2.75, 3.05) is 5.33 Å². The molecule has 0 amide bonds. The van der Waals surface area contributed by atoms with Gasteiger partial charge >= 0.3 is 0 Å². The second-order valence-corrected chi connectivity index (χ2v) is 12.2. The minimum absolute atomic E-state index is 0.238. The van der Waals surface area contributed by atoms with E-state index in [1.165, 1.54) is 12.8 Å². The first-order chi connectivity index (χ1) is 11.2. The number of halogens is 2. The average molecular weight is 454 g/mol. The molecule has 0 aromatic rings. The standard InChI is InChI=1S/C6H13Br.C6H11Cl.C6H14.C6H12/c2*1-6(2,3)4-5-7;2*1-5-6(2,3)4/h4-5H2,1-3H3;4-5H,1-3H3;5H2,1-4H3;5H,1H2,2-4H3/b;5-4+;;. The van der Waals surface area contributed by atoms with E-state index in [4.69, 9.17) is 11.6 Å². The topological polar surface area (TPSA) is 0 Å². The van der Waals surface area contributed by atoms with Crippen LogP contribution in [0.5, 0.6) is 0 Å². The summed E-state index contributed by atoms with van der Waals surface area (Å²) in [7, 11) is 0. The van der Waals surface area contributed by atoms with Gasteiger partial charge in [0.2, 0.25) is 0 Å². The second-order valence-electron chi connectivity index (χ2n) is 11.1. The SMILES string of the molecule is C=CC(C)(C)C.CC(C)(C)/C=C/Cl.CC(C)(C)CCBr.CCC(C)(C)C.